The number of aryl methyl sites for hydroxylation is 3. The highest BCUT2D eigenvalue weighted by Crippen LogP contribution is 2.23. The predicted octanol–water partition coefficient (Wildman–Crippen LogP) is 3.26. The van der Waals surface area contributed by atoms with Crippen molar-refractivity contribution in [3.63, 3.8) is 0 Å². The number of hydrogen-bond donors (Lipinski definition) is 1. The summed E-state index contributed by atoms with van der Waals surface area (Å²) in [6, 6.07) is 10.2. The van der Waals surface area contributed by atoms with E-state index in [2.05, 4.69) is 67.1 Å². The van der Waals surface area contributed by atoms with Crippen LogP contribution >= 0.6 is 0 Å². The van der Waals surface area contributed by atoms with Crippen LogP contribution in [0, 0.1) is 20.8 Å². The number of piperazine rings is 1. The summed E-state index contributed by atoms with van der Waals surface area (Å²) in [7, 11) is 0. The van der Waals surface area contributed by atoms with Crippen LogP contribution in [-0.2, 0) is 0 Å². The Morgan fingerprint density at radius 3 is 2.25 bits per heavy atom. The lowest BCUT2D eigenvalue weighted by Gasteiger charge is -2.35. The average Bonchev–Trinajstić information content (AvgIpc) is 2.71. The van der Waals surface area contributed by atoms with Crippen molar-refractivity contribution in [3.05, 3.63) is 59.7 Å². The van der Waals surface area contributed by atoms with Gasteiger partial charge in [0.2, 0.25) is 5.95 Å². The Labute approximate surface area is 165 Å². The summed E-state index contributed by atoms with van der Waals surface area (Å²) in [5.74, 6) is 3.32. The Bertz CT molecular complexity index is 950. The molecule has 28 heavy (non-hydrogen) atoms. The Morgan fingerprint density at radius 2 is 1.54 bits per heavy atom. The van der Waals surface area contributed by atoms with Gasteiger partial charge in [0.1, 0.15) is 17.5 Å². The second kappa shape index (κ2) is 7.80. The zero-order valence-electron chi connectivity index (χ0n) is 16.6. The Morgan fingerprint density at radius 1 is 0.821 bits per heavy atom. The normalized spacial score (nSPS) is 14.2. The second-order valence-electron chi connectivity index (χ2n) is 7.11. The molecule has 0 unspecified atom stereocenters. The molecular formula is C21H25N7. The van der Waals surface area contributed by atoms with E-state index in [-0.39, 0.29) is 0 Å². The second-order valence-corrected chi connectivity index (χ2v) is 7.11. The molecule has 0 aliphatic carbocycles. The lowest BCUT2D eigenvalue weighted by Crippen LogP contribution is -2.47. The first-order valence-corrected chi connectivity index (χ1v) is 9.55. The van der Waals surface area contributed by atoms with E-state index in [1.165, 1.54) is 11.1 Å². The Hall–Kier alpha value is -3.22. The highest BCUT2D eigenvalue weighted by molar-refractivity contribution is 5.61. The molecule has 0 spiro atoms. The van der Waals surface area contributed by atoms with Gasteiger partial charge < -0.3 is 15.1 Å². The molecule has 1 saturated heterocycles. The molecule has 0 radical (unpaired) electrons. The fourth-order valence-corrected chi connectivity index (χ4v) is 3.34. The van der Waals surface area contributed by atoms with E-state index in [4.69, 9.17) is 0 Å². The van der Waals surface area contributed by atoms with Crippen molar-refractivity contribution in [1.29, 1.82) is 0 Å². The number of benzene rings is 1. The van der Waals surface area contributed by atoms with E-state index >= 15 is 0 Å². The van der Waals surface area contributed by atoms with E-state index in [1.54, 1.807) is 12.4 Å². The number of rotatable bonds is 4. The van der Waals surface area contributed by atoms with Gasteiger partial charge in [0.15, 0.2) is 0 Å². The van der Waals surface area contributed by atoms with Crippen LogP contribution in [0.3, 0.4) is 0 Å². The molecule has 7 heteroatoms. The van der Waals surface area contributed by atoms with E-state index in [9.17, 15) is 0 Å². The predicted molar refractivity (Wildman–Crippen MR) is 112 cm³/mol. The highest BCUT2D eigenvalue weighted by atomic mass is 15.3. The van der Waals surface area contributed by atoms with Crippen LogP contribution in [0.5, 0.6) is 0 Å². The van der Waals surface area contributed by atoms with Gasteiger partial charge in [-0.25, -0.2) is 19.9 Å². The SMILES string of the molecule is Cc1nc(Nc2ccc(C)c(C)c2)cc(N2CCN(c3ncccn3)CC2)n1. The molecule has 2 aromatic heterocycles. The number of hydrogen-bond acceptors (Lipinski definition) is 7. The first kappa shape index (κ1) is 18.2. The molecule has 0 bridgehead atoms. The van der Waals surface area contributed by atoms with Gasteiger partial charge in [-0.2, -0.15) is 0 Å². The minimum absolute atomic E-state index is 0.762. The Kier molecular flexibility index (Phi) is 5.06. The van der Waals surface area contributed by atoms with Gasteiger partial charge in [-0.05, 0) is 50.1 Å². The van der Waals surface area contributed by atoms with Gasteiger partial charge in [-0.1, -0.05) is 6.07 Å². The maximum absolute atomic E-state index is 4.65. The molecule has 4 rings (SSSR count). The molecule has 3 aromatic rings. The van der Waals surface area contributed by atoms with Crippen LogP contribution < -0.4 is 15.1 Å². The van der Waals surface area contributed by atoms with Gasteiger partial charge in [0.25, 0.3) is 0 Å². The first-order chi connectivity index (χ1) is 13.6. The van der Waals surface area contributed by atoms with Crippen molar-refractivity contribution < 1.29 is 0 Å². The van der Waals surface area contributed by atoms with Crippen molar-refractivity contribution in [2.45, 2.75) is 20.8 Å². The Balaban J connectivity index is 1.47. The lowest BCUT2D eigenvalue weighted by atomic mass is 10.1. The summed E-state index contributed by atoms with van der Waals surface area (Å²) < 4.78 is 0. The topological polar surface area (TPSA) is 70.1 Å². The molecular weight excluding hydrogens is 350 g/mol. The third-order valence-corrected chi connectivity index (χ3v) is 5.04. The van der Waals surface area contributed by atoms with Crippen LogP contribution in [0.25, 0.3) is 0 Å². The fourth-order valence-electron chi connectivity index (χ4n) is 3.34. The maximum Gasteiger partial charge on any atom is 0.225 e. The summed E-state index contributed by atoms with van der Waals surface area (Å²) >= 11 is 0. The smallest absolute Gasteiger partial charge is 0.225 e. The molecule has 1 aromatic carbocycles. The summed E-state index contributed by atoms with van der Waals surface area (Å²) in [4.78, 5) is 22.4. The molecule has 0 atom stereocenters. The molecule has 0 amide bonds. The number of aromatic nitrogens is 4. The first-order valence-electron chi connectivity index (χ1n) is 9.55. The van der Waals surface area contributed by atoms with Crippen LogP contribution in [0.1, 0.15) is 17.0 Å². The number of nitrogens with one attached hydrogen (secondary N) is 1. The summed E-state index contributed by atoms with van der Waals surface area (Å²) in [5, 5.41) is 3.42. The molecule has 144 valence electrons. The monoisotopic (exact) mass is 375 g/mol. The van der Waals surface area contributed by atoms with E-state index in [0.717, 1.165) is 55.3 Å². The molecule has 7 nitrogen and oxygen atoms in total. The van der Waals surface area contributed by atoms with E-state index in [1.807, 2.05) is 19.1 Å². The van der Waals surface area contributed by atoms with Gasteiger partial charge in [-0.15, -0.1) is 0 Å². The lowest BCUT2D eigenvalue weighted by molar-refractivity contribution is 0.633. The average molecular weight is 375 g/mol. The van der Waals surface area contributed by atoms with Gasteiger partial charge in [0, 0.05) is 50.3 Å². The molecule has 0 saturated carbocycles. The third kappa shape index (κ3) is 4.03. The zero-order valence-corrected chi connectivity index (χ0v) is 16.6. The fraction of sp³-hybridized carbons (Fsp3) is 0.333. The molecule has 3 heterocycles. The van der Waals surface area contributed by atoms with Crippen molar-refractivity contribution in [2.75, 3.05) is 41.3 Å². The quantitative estimate of drug-likeness (QED) is 0.750. The maximum atomic E-state index is 4.65. The van der Waals surface area contributed by atoms with Crippen LogP contribution in [0.2, 0.25) is 0 Å². The van der Waals surface area contributed by atoms with Gasteiger partial charge in [0.05, 0.1) is 0 Å². The van der Waals surface area contributed by atoms with Gasteiger partial charge in [-0.3, -0.25) is 0 Å². The van der Waals surface area contributed by atoms with Crippen LogP contribution in [0.4, 0.5) is 23.3 Å². The van der Waals surface area contributed by atoms with Crippen LogP contribution in [-0.4, -0.2) is 46.1 Å². The highest BCUT2D eigenvalue weighted by Gasteiger charge is 2.20. The summed E-state index contributed by atoms with van der Waals surface area (Å²) in [6.45, 7) is 9.65. The van der Waals surface area contributed by atoms with Crippen LogP contribution in [0.15, 0.2) is 42.7 Å². The third-order valence-electron chi connectivity index (χ3n) is 5.04. The minimum Gasteiger partial charge on any atom is -0.353 e. The largest absolute Gasteiger partial charge is 0.353 e. The summed E-state index contributed by atoms with van der Waals surface area (Å²) in [6.07, 6.45) is 3.57. The standard InChI is InChI=1S/C21H25N7/c1-15-5-6-18(13-16(15)2)26-19-14-20(25-17(3)24-19)27-9-11-28(12-10-27)21-22-7-4-8-23-21/h4-8,13-14H,9-12H2,1-3H3,(H,24,25,26). The van der Waals surface area contributed by atoms with Crippen molar-refractivity contribution in [2.24, 2.45) is 0 Å². The number of nitrogens with zero attached hydrogens (tertiary/aromatic N) is 6. The van der Waals surface area contributed by atoms with E-state index < -0.39 is 0 Å². The number of anilines is 4. The molecule has 1 aliphatic heterocycles. The van der Waals surface area contributed by atoms with Crippen molar-refractivity contribution >= 4 is 23.3 Å². The zero-order chi connectivity index (χ0) is 19.5. The minimum atomic E-state index is 0.762. The van der Waals surface area contributed by atoms with Gasteiger partial charge >= 0.3 is 0 Å². The van der Waals surface area contributed by atoms with Crippen molar-refractivity contribution in [1.82, 2.24) is 19.9 Å². The molecule has 1 N–H and O–H groups in total. The molecule has 1 fully saturated rings. The summed E-state index contributed by atoms with van der Waals surface area (Å²) in [5.41, 5.74) is 3.58. The molecule has 1 aliphatic rings. The van der Waals surface area contributed by atoms with E-state index in [0.29, 0.717) is 0 Å². The van der Waals surface area contributed by atoms with Crippen molar-refractivity contribution in [3.8, 4) is 0 Å².